The molecule has 0 aliphatic rings. The second kappa shape index (κ2) is 6.29. The zero-order chi connectivity index (χ0) is 13.7. The Kier molecular flexibility index (Phi) is 4.46. The highest BCUT2D eigenvalue weighted by Crippen LogP contribution is 2.22. The number of rotatable bonds is 5. The van der Waals surface area contributed by atoms with Crippen LogP contribution < -0.4 is 10.1 Å². The normalized spacial score (nSPS) is 10.5. The minimum Gasteiger partial charge on any atom is -0.484 e. The van der Waals surface area contributed by atoms with E-state index >= 15 is 0 Å². The van der Waals surface area contributed by atoms with E-state index in [2.05, 4.69) is 15.5 Å². The molecule has 1 aromatic heterocycles. The first kappa shape index (κ1) is 13.5. The molecule has 1 aromatic carbocycles. The molecule has 0 unspecified atom stereocenters. The Morgan fingerprint density at radius 2 is 2.05 bits per heavy atom. The minimum absolute atomic E-state index is 0.0411. The van der Waals surface area contributed by atoms with Crippen molar-refractivity contribution in [3.63, 3.8) is 0 Å². The van der Waals surface area contributed by atoms with Crippen molar-refractivity contribution < 1.29 is 9.53 Å². The summed E-state index contributed by atoms with van der Waals surface area (Å²) in [6, 6.07) is 9.20. The summed E-state index contributed by atoms with van der Waals surface area (Å²) in [7, 11) is 0. The third-order valence-electron chi connectivity index (χ3n) is 2.29. The van der Waals surface area contributed by atoms with Gasteiger partial charge in [0.1, 0.15) is 10.8 Å². The molecule has 5 nitrogen and oxygen atoms in total. The predicted molar refractivity (Wildman–Crippen MR) is 74.6 cm³/mol. The Balaban J connectivity index is 1.84. The van der Waals surface area contributed by atoms with Crippen molar-refractivity contribution in [1.82, 2.24) is 10.2 Å². The van der Waals surface area contributed by atoms with Gasteiger partial charge in [0.05, 0.1) is 0 Å². The third-order valence-corrected chi connectivity index (χ3v) is 3.43. The van der Waals surface area contributed by atoms with Gasteiger partial charge in [-0.2, -0.15) is 0 Å². The second-order valence-electron chi connectivity index (χ2n) is 4.25. The largest absolute Gasteiger partial charge is 0.484 e. The first-order valence-corrected chi connectivity index (χ1v) is 6.78. The smallest absolute Gasteiger partial charge is 0.264 e. The zero-order valence-electron chi connectivity index (χ0n) is 10.8. The third kappa shape index (κ3) is 4.03. The van der Waals surface area contributed by atoms with Gasteiger partial charge in [-0.05, 0) is 12.1 Å². The van der Waals surface area contributed by atoms with Gasteiger partial charge >= 0.3 is 0 Å². The van der Waals surface area contributed by atoms with Crippen LogP contribution in [0.2, 0.25) is 0 Å². The highest BCUT2D eigenvalue weighted by molar-refractivity contribution is 7.15. The van der Waals surface area contributed by atoms with Crippen molar-refractivity contribution in [3.05, 3.63) is 35.3 Å². The molecule has 1 N–H and O–H groups in total. The van der Waals surface area contributed by atoms with E-state index in [4.69, 9.17) is 4.74 Å². The summed E-state index contributed by atoms with van der Waals surface area (Å²) in [4.78, 5) is 11.7. The molecule has 1 amide bonds. The average molecular weight is 277 g/mol. The van der Waals surface area contributed by atoms with Gasteiger partial charge in [-0.25, -0.2) is 0 Å². The molecule has 0 atom stereocenters. The van der Waals surface area contributed by atoms with Crippen LogP contribution in [0.1, 0.15) is 24.8 Å². The number of para-hydroxylation sites is 1. The fourth-order valence-electron chi connectivity index (χ4n) is 1.34. The molecule has 6 heteroatoms. The highest BCUT2D eigenvalue weighted by atomic mass is 32.1. The van der Waals surface area contributed by atoms with E-state index in [9.17, 15) is 4.79 Å². The van der Waals surface area contributed by atoms with Crippen LogP contribution in [0.15, 0.2) is 30.3 Å². The summed E-state index contributed by atoms with van der Waals surface area (Å²) in [5.41, 5.74) is 0. The van der Waals surface area contributed by atoms with E-state index in [1.165, 1.54) is 11.3 Å². The molecular formula is C13H15N3O2S. The fraction of sp³-hybridized carbons (Fsp3) is 0.308. The Morgan fingerprint density at radius 1 is 1.32 bits per heavy atom. The first-order valence-electron chi connectivity index (χ1n) is 5.96. The number of amides is 1. The predicted octanol–water partition coefficient (Wildman–Crippen LogP) is 2.68. The molecule has 0 aliphatic carbocycles. The molecule has 1 heterocycles. The number of ether oxygens (including phenoxy) is 1. The maximum atomic E-state index is 11.7. The van der Waals surface area contributed by atoms with E-state index in [1.54, 1.807) is 12.1 Å². The number of carbonyl (C=O) groups excluding carboxylic acids is 1. The Bertz CT molecular complexity index is 540. The maximum absolute atomic E-state index is 11.7. The molecule has 2 rings (SSSR count). The van der Waals surface area contributed by atoms with Gasteiger partial charge in [0, 0.05) is 5.92 Å². The van der Waals surface area contributed by atoms with E-state index < -0.39 is 0 Å². The lowest BCUT2D eigenvalue weighted by Gasteiger charge is -2.04. The van der Waals surface area contributed by atoms with Crippen molar-refractivity contribution >= 4 is 22.4 Å². The molecule has 0 aliphatic heterocycles. The van der Waals surface area contributed by atoms with Gasteiger partial charge in [0.25, 0.3) is 5.91 Å². The van der Waals surface area contributed by atoms with Crippen molar-refractivity contribution in [1.29, 1.82) is 0 Å². The van der Waals surface area contributed by atoms with Gasteiger partial charge < -0.3 is 4.74 Å². The van der Waals surface area contributed by atoms with Crippen LogP contribution in [0.5, 0.6) is 5.75 Å². The SMILES string of the molecule is CC(C)c1nnc(NC(=O)COc2ccccc2)s1. The molecule has 0 fully saturated rings. The van der Waals surface area contributed by atoms with Crippen LogP contribution >= 0.6 is 11.3 Å². The summed E-state index contributed by atoms with van der Waals surface area (Å²) >= 11 is 1.38. The van der Waals surface area contributed by atoms with Crippen molar-refractivity contribution in [2.75, 3.05) is 11.9 Å². The lowest BCUT2D eigenvalue weighted by atomic mass is 10.2. The minimum atomic E-state index is -0.240. The number of nitrogens with zero attached hydrogens (tertiary/aromatic N) is 2. The summed E-state index contributed by atoms with van der Waals surface area (Å²) in [6.07, 6.45) is 0. The quantitative estimate of drug-likeness (QED) is 0.912. The van der Waals surface area contributed by atoms with E-state index in [1.807, 2.05) is 32.0 Å². The Hall–Kier alpha value is -1.95. The topological polar surface area (TPSA) is 64.1 Å². The van der Waals surface area contributed by atoms with Gasteiger partial charge in [0.2, 0.25) is 5.13 Å². The number of carbonyl (C=O) groups is 1. The summed E-state index contributed by atoms with van der Waals surface area (Å²) in [5.74, 6) is 0.733. The maximum Gasteiger partial charge on any atom is 0.264 e. The lowest BCUT2D eigenvalue weighted by molar-refractivity contribution is -0.118. The average Bonchev–Trinajstić information content (AvgIpc) is 2.86. The molecule has 19 heavy (non-hydrogen) atoms. The Labute approximate surface area is 115 Å². The number of nitrogens with one attached hydrogen (secondary N) is 1. The monoisotopic (exact) mass is 277 g/mol. The van der Waals surface area contributed by atoms with E-state index in [-0.39, 0.29) is 12.5 Å². The molecule has 100 valence electrons. The summed E-state index contributed by atoms with van der Waals surface area (Å²) in [5, 5.41) is 12.0. The lowest BCUT2D eigenvalue weighted by Crippen LogP contribution is -2.20. The molecule has 0 saturated carbocycles. The molecule has 0 bridgehead atoms. The van der Waals surface area contributed by atoms with Crippen LogP contribution in [-0.4, -0.2) is 22.7 Å². The Morgan fingerprint density at radius 3 is 2.68 bits per heavy atom. The molecule has 2 aromatic rings. The van der Waals surface area contributed by atoms with Crippen molar-refractivity contribution in [2.45, 2.75) is 19.8 Å². The molecule has 0 saturated heterocycles. The van der Waals surface area contributed by atoms with Crippen molar-refractivity contribution in [2.24, 2.45) is 0 Å². The first-order chi connectivity index (χ1) is 9.15. The van der Waals surface area contributed by atoms with E-state index in [0.29, 0.717) is 16.8 Å². The molecule has 0 spiro atoms. The molecule has 0 radical (unpaired) electrons. The van der Waals surface area contributed by atoms with Crippen LogP contribution in [0, 0.1) is 0 Å². The van der Waals surface area contributed by atoms with Crippen LogP contribution in [0.3, 0.4) is 0 Å². The van der Waals surface area contributed by atoms with Crippen molar-refractivity contribution in [3.8, 4) is 5.75 Å². The molecular weight excluding hydrogens is 262 g/mol. The highest BCUT2D eigenvalue weighted by Gasteiger charge is 2.10. The number of benzene rings is 1. The van der Waals surface area contributed by atoms with Crippen LogP contribution in [0.25, 0.3) is 0 Å². The van der Waals surface area contributed by atoms with Gasteiger partial charge in [-0.1, -0.05) is 43.4 Å². The zero-order valence-corrected chi connectivity index (χ0v) is 11.6. The van der Waals surface area contributed by atoms with Gasteiger partial charge in [0.15, 0.2) is 6.61 Å². The van der Waals surface area contributed by atoms with Gasteiger partial charge in [-0.15, -0.1) is 10.2 Å². The number of hydrogen-bond donors (Lipinski definition) is 1. The summed E-state index contributed by atoms with van der Waals surface area (Å²) < 4.78 is 5.34. The van der Waals surface area contributed by atoms with Gasteiger partial charge in [-0.3, -0.25) is 10.1 Å². The van der Waals surface area contributed by atoms with Crippen LogP contribution in [-0.2, 0) is 4.79 Å². The standard InChI is InChI=1S/C13H15N3O2S/c1-9(2)12-15-16-13(19-12)14-11(17)8-18-10-6-4-3-5-7-10/h3-7,9H,8H2,1-2H3,(H,14,16,17). The second-order valence-corrected chi connectivity index (χ2v) is 5.26. The number of anilines is 1. The number of hydrogen-bond acceptors (Lipinski definition) is 5. The fourth-order valence-corrected chi connectivity index (χ4v) is 2.10. The van der Waals surface area contributed by atoms with E-state index in [0.717, 1.165) is 5.01 Å². The summed E-state index contributed by atoms with van der Waals surface area (Å²) in [6.45, 7) is 4.02. The van der Waals surface area contributed by atoms with Crippen LogP contribution in [0.4, 0.5) is 5.13 Å². The number of aromatic nitrogens is 2.